The highest BCUT2D eigenvalue weighted by Crippen LogP contribution is 2.29. The molecule has 0 fully saturated rings. The molecule has 2 N–H and O–H groups in total. The van der Waals surface area contributed by atoms with E-state index in [1.807, 2.05) is 13.0 Å². The van der Waals surface area contributed by atoms with E-state index in [2.05, 4.69) is 35.4 Å². The summed E-state index contributed by atoms with van der Waals surface area (Å²) in [6.45, 7) is 6.11. The van der Waals surface area contributed by atoms with Gasteiger partial charge in [0.15, 0.2) is 11.5 Å². The largest absolute Gasteiger partial charge is 0.490 e. The van der Waals surface area contributed by atoms with Crippen LogP contribution in [-0.4, -0.2) is 33.1 Å². The number of H-pyrrole nitrogens is 1. The highest BCUT2D eigenvalue weighted by atomic mass is 16.6. The zero-order valence-electron chi connectivity index (χ0n) is 15.7. The monoisotopic (exact) mass is 384 g/mol. The topological polar surface area (TPSA) is 128 Å². The Balaban J connectivity index is 1.70. The number of aryl methyl sites for hydroxylation is 2. The fourth-order valence-electron chi connectivity index (χ4n) is 2.32. The predicted octanol–water partition coefficient (Wildman–Crippen LogP) is 2.19. The molecular formula is C18H20N6O4. The Morgan fingerprint density at radius 3 is 2.79 bits per heavy atom. The maximum Gasteiger partial charge on any atom is 0.252 e. The molecule has 2 aromatic heterocycles. The summed E-state index contributed by atoms with van der Waals surface area (Å²) >= 11 is 0. The number of nitrogens with zero attached hydrogens (tertiary/aromatic N) is 4. The maximum atomic E-state index is 11.4. The highest BCUT2D eigenvalue weighted by molar-refractivity contribution is 5.81. The minimum Gasteiger partial charge on any atom is -0.490 e. The van der Waals surface area contributed by atoms with Crippen LogP contribution < -0.4 is 20.5 Å². The number of aromatic nitrogens is 4. The summed E-state index contributed by atoms with van der Waals surface area (Å²) in [5.41, 5.74) is 5.12. The van der Waals surface area contributed by atoms with E-state index >= 15 is 0 Å². The summed E-state index contributed by atoms with van der Waals surface area (Å²) in [6, 6.07) is 6.80. The summed E-state index contributed by atoms with van der Waals surface area (Å²) < 4.78 is 16.1. The van der Waals surface area contributed by atoms with Crippen LogP contribution in [0.4, 0.5) is 5.95 Å². The lowest BCUT2D eigenvalue weighted by atomic mass is 10.2. The predicted molar refractivity (Wildman–Crippen MR) is 102 cm³/mol. The molecular weight excluding hydrogens is 364 g/mol. The SMILES string of the molecule is CCOc1cc(/C=N/Nc2nc(C)cc(=O)[nH]2)ccc1OCc1nonc1C. The van der Waals surface area contributed by atoms with Crippen LogP contribution in [0.25, 0.3) is 0 Å². The number of rotatable bonds is 8. The molecule has 3 aromatic rings. The van der Waals surface area contributed by atoms with E-state index in [0.717, 1.165) is 5.56 Å². The molecule has 10 nitrogen and oxygen atoms in total. The van der Waals surface area contributed by atoms with E-state index in [4.69, 9.17) is 9.47 Å². The Hall–Kier alpha value is -3.69. The second kappa shape index (κ2) is 8.80. The molecule has 0 unspecified atom stereocenters. The average Bonchev–Trinajstić information content (AvgIpc) is 3.05. The molecule has 2 heterocycles. The van der Waals surface area contributed by atoms with Gasteiger partial charge in [-0.15, -0.1) is 0 Å². The van der Waals surface area contributed by atoms with E-state index in [1.54, 1.807) is 32.2 Å². The minimum absolute atomic E-state index is 0.219. The van der Waals surface area contributed by atoms with Gasteiger partial charge in [0, 0.05) is 11.8 Å². The quantitative estimate of drug-likeness (QED) is 0.447. The van der Waals surface area contributed by atoms with Gasteiger partial charge < -0.3 is 9.47 Å². The first-order valence-corrected chi connectivity index (χ1v) is 8.60. The van der Waals surface area contributed by atoms with Crippen LogP contribution >= 0.6 is 0 Å². The average molecular weight is 384 g/mol. The Morgan fingerprint density at radius 1 is 1.21 bits per heavy atom. The Morgan fingerprint density at radius 2 is 2.07 bits per heavy atom. The first-order chi connectivity index (χ1) is 13.5. The lowest BCUT2D eigenvalue weighted by molar-refractivity contribution is 0.253. The second-order valence-electron chi connectivity index (χ2n) is 5.83. The molecule has 0 amide bonds. The summed E-state index contributed by atoms with van der Waals surface area (Å²) in [7, 11) is 0. The zero-order valence-corrected chi connectivity index (χ0v) is 15.7. The minimum atomic E-state index is -0.247. The van der Waals surface area contributed by atoms with Gasteiger partial charge in [-0.1, -0.05) is 10.3 Å². The number of benzene rings is 1. The first-order valence-electron chi connectivity index (χ1n) is 8.60. The molecule has 3 rings (SSSR count). The molecule has 0 aliphatic heterocycles. The standard InChI is InChI=1S/C18H20N6O4/c1-4-26-16-8-13(9-19-22-18-20-11(2)7-17(25)21-18)5-6-15(16)27-10-14-12(3)23-28-24-14/h5-9H,4,10H2,1-3H3,(H2,20,21,22,25)/b19-9+. The van der Waals surface area contributed by atoms with Gasteiger partial charge in [-0.2, -0.15) is 5.10 Å². The number of nitrogens with one attached hydrogen (secondary N) is 2. The van der Waals surface area contributed by atoms with Crippen molar-refractivity contribution < 1.29 is 14.1 Å². The van der Waals surface area contributed by atoms with Crippen LogP contribution in [0.2, 0.25) is 0 Å². The molecule has 0 aliphatic carbocycles. The molecule has 10 heteroatoms. The van der Waals surface area contributed by atoms with Crippen LogP contribution in [0.5, 0.6) is 11.5 Å². The molecule has 0 spiro atoms. The first kappa shape index (κ1) is 19.1. The van der Waals surface area contributed by atoms with Gasteiger partial charge in [0.2, 0.25) is 5.95 Å². The second-order valence-corrected chi connectivity index (χ2v) is 5.83. The Kier molecular flexibility index (Phi) is 6.00. The summed E-state index contributed by atoms with van der Waals surface area (Å²) in [5.74, 6) is 1.41. The van der Waals surface area contributed by atoms with Crippen molar-refractivity contribution in [1.29, 1.82) is 0 Å². The maximum absolute atomic E-state index is 11.4. The smallest absolute Gasteiger partial charge is 0.252 e. The molecule has 0 saturated heterocycles. The normalized spacial score (nSPS) is 11.0. The number of hydrazone groups is 1. The van der Waals surface area contributed by atoms with E-state index < -0.39 is 0 Å². The highest BCUT2D eigenvalue weighted by Gasteiger charge is 2.10. The molecule has 1 aromatic carbocycles. The number of ether oxygens (including phenoxy) is 2. The van der Waals surface area contributed by atoms with Gasteiger partial charge in [0.05, 0.1) is 12.8 Å². The van der Waals surface area contributed by atoms with E-state index in [9.17, 15) is 4.79 Å². The van der Waals surface area contributed by atoms with Gasteiger partial charge in [0.25, 0.3) is 5.56 Å². The fourth-order valence-corrected chi connectivity index (χ4v) is 2.32. The van der Waals surface area contributed by atoms with Gasteiger partial charge in [0.1, 0.15) is 18.0 Å². The molecule has 0 atom stereocenters. The van der Waals surface area contributed by atoms with Crippen molar-refractivity contribution in [2.24, 2.45) is 5.10 Å². The van der Waals surface area contributed by atoms with Crippen LogP contribution in [0.1, 0.15) is 29.6 Å². The third-order valence-corrected chi connectivity index (χ3v) is 3.63. The van der Waals surface area contributed by atoms with Crippen molar-refractivity contribution in [3.05, 3.63) is 57.3 Å². The summed E-state index contributed by atoms with van der Waals surface area (Å²) in [4.78, 5) is 18.1. The van der Waals surface area contributed by atoms with E-state index in [0.29, 0.717) is 35.2 Å². The Labute approximate surface area is 160 Å². The van der Waals surface area contributed by atoms with Gasteiger partial charge >= 0.3 is 0 Å². The van der Waals surface area contributed by atoms with Gasteiger partial charge in [-0.3, -0.25) is 9.78 Å². The summed E-state index contributed by atoms with van der Waals surface area (Å²) in [6.07, 6.45) is 1.58. The molecule has 0 radical (unpaired) electrons. The van der Waals surface area contributed by atoms with Crippen molar-refractivity contribution in [2.45, 2.75) is 27.4 Å². The number of hydrogen-bond donors (Lipinski definition) is 2. The van der Waals surface area contributed by atoms with Crippen LogP contribution in [0.3, 0.4) is 0 Å². The van der Waals surface area contributed by atoms with Crippen LogP contribution in [-0.2, 0) is 6.61 Å². The molecule has 146 valence electrons. The van der Waals surface area contributed by atoms with Crippen molar-refractivity contribution in [2.75, 3.05) is 12.0 Å². The molecule has 0 saturated carbocycles. The van der Waals surface area contributed by atoms with Crippen molar-refractivity contribution >= 4 is 12.2 Å². The molecule has 0 bridgehead atoms. The Bertz CT molecular complexity index is 1030. The van der Waals surface area contributed by atoms with E-state index in [1.165, 1.54) is 6.07 Å². The zero-order chi connectivity index (χ0) is 19.9. The summed E-state index contributed by atoms with van der Waals surface area (Å²) in [5, 5.41) is 11.6. The lowest BCUT2D eigenvalue weighted by Crippen LogP contribution is -2.10. The molecule has 0 aliphatic rings. The van der Waals surface area contributed by atoms with Gasteiger partial charge in [-0.05, 0) is 44.5 Å². The number of anilines is 1. The molecule has 28 heavy (non-hydrogen) atoms. The van der Waals surface area contributed by atoms with E-state index in [-0.39, 0.29) is 18.1 Å². The van der Waals surface area contributed by atoms with Crippen LogP contribution in [0.15, 0.2) is 38.8 Å². The fraction of sp³-hybridized carbons (Fsp3) is 0.278. The van der Waals surface area contributed by atoms with Crippen molar-refractivity contribution in [1.82, 2.24) is 20.3 Å². The number of hydrogen-bond acceptors (Lipinski definition) is 9. The number of aromatic amines is 1. The van der Waals surface area contributed by atoms with Crippen molar-refractivity contribution in [3.8, 4) is 11.5 Å². The van der Waals surface area contributed by atoms with Crippen LogP contribution in [0, 0.1) is 13.8 Å². The van der Waals surface area contributed by atoms with Gasteiger partial charge in [-0.25, -0.2) is 15.0 Å². The third kappa shape index (κ3) is 4.93. The van der Waals surface area contributed by atoms with Crippen molar-refractivity contribution in [3.63, 3.8) is 0 Å². The lowest BCUT2D eigenvalue weighted by Gasteiger charge is -2.11. The third-order valence-electron chi connectivity index (χ3n) is 3.63.